The lowest BCUT2D eigenvalue weighted by Gasteiger charge is -2.16. The largest absolute Gasteiger partial charge is 0.495 e. The van der Waals surface area contributed by atoms with Crippen LogP contribution in [0.2, 0.25) is 0 Å². The number of nitrogens with zero attached hydrogens (tertiary/aromatic N) is 1. The van der Waals surface area contributed by atoms with Crippen molar-refractivity contribution in [1.29, 1.82) is 0 Å². The molecule has 3 aromatic rings. The van der Waals surface area contributed by atoms with Crippen LogP contribution in [0.25, 0.3) is 5.57 Å². The van der Waals surface area contributed by atoms with Crippen molar-refractivity contribution >= 4 is 28.8 Å². The summed E-state index contributed by atoms with van der Waals surface area (Å²) in [5.41, 5.74) is 3.65. The van der Waals surface area contributed by atoms with Crippen LogP contribution in [0, 0.1) is 19.7 Å². The lowest BCUT2D eigenvalue weighted by molar-refractivity contribution is -0.120. The second-order valence-corrected chi connectivity index (χ2v) is 7.37. The second-order valence-electron chi connectivity index (χ2n) is 7.37. The first-order valence-electron chi connectivity index (χ1n) is 9.76. The molecule has 0 unspecified atom stereocenters. The van der Waals surface area contributed by atoms with Gasteiger partial charge in [-0.25, -0.2) is 9.29 Å². The molecule has 1 N–H and O–H groups in total. The quantitative estimate of drug-likeness (QED) is 0.604. The first-order chi connectivity index (χ1) is 14.9. The predicted molar refractivity (Wildman–Crippen MR) is 118 cm³/mol. The number of imide groups is 1. The molecule has 2 amide bonds. The first-order valence-corrected chi connectivity index (χ1v) is 9.76. The van der Waals surface area contributed by atoms with E-state index in [0.29, 0.717) is 22.7 Å². The van der Waals surface area contributed by atoms with Gasteiger partial charge in [0.15, 0.2) is 0 Å². The monoisotopic (exact) mass is 416 g/mol. The number of amides is 2. The highest BCUT2D eigenvalue weighted by atomic mass is 19.1. The van der Waals surface area contributed by atoms with Crippen molar-refractivity contribution in [3.63, 3.8) is 0 Å². The van der Waals surface area contributed by atoms with Gasteiger partial charge in [-0.2, -0.15) is 0 Å². The Morgan fingerprint density at radius 1 is 0.871 bits per heavy atom. The van der Waals surface area contributed by atoms with E-state index in [0.717, 1.165) is 16.0 Å². The summed E-state index contributed by atoms with van der Waals surface area (Å²) in [6, 6.07) is 18.2. The van der Waals surface area contributed by atoms with E-state index in [-0.39, 0.29) is 11.3 Å². The molecule has 1 aliphatic rings. The molecule has 0 fully saturated rings. The van der Waals surface area contributed by atoms with E-state index in [9.17, 15) is 14.0 Å². The maximum absolute atomic E-state index is 13.5. The molecular weight excluding hydrogens is 395 g/mol. The molecule has 0 aliphatic carbocycles. The maximum atomic E-state index is 13.5. The lowest BCUT2D eigenvalue weighted by Crippen LogP contribution is -2.32. The van der Waals surface area contributed by atoms with Gasteiger partial charge in [-0.05, 0) is 66.9 Å². The van der Waals surface area contributed by atoms with Gasteiger partial charge in [0.1, 0.15) is 17.3 Å². The van der Waals surface area contributed by atoms with Crippen molar-refractivity contribution in [1.82, 2.24) is 0 Å². The van der Waals surface area contributed by atoms with Crippen LogP contribution in [0.15, 0.2) is 72.4 Å². The van der Waals surface area contributed by atoms with Gasteiger partial charge >= 0.3 is 0 Å². The van der Waals surface area contributed by atoms with Crippen LogP contribution in [0.1, 0.15) is 16.7 Å². The molecule has 1 aliphatic heterocycles. The third-order valence-corrected chi connectivity index (χ3v) is 5.09. The van der Waals surface area contributed by atoms with Crippen LogP contribution in [-0.2, 0) is 9.59 Å². The topological polar surface area (TPSA) is 58.6 Å². The van der Waals surface area contributed by atoms with Crippen LogP contribution < -0.4 is 15.0 Å². The SMILES string of the molecule is COc1ccc(C)cc1NC1=C(c2ccc(F)cc2)C(=O)N(c2cccc(C)c2)C1=O. The van der Waals surface area contributed by atoms with Gasteiger partial charge in [0.05, 0.1) is 24.1 Å². The standard InChI is InChI=1S/C25H21FN2O3/c1-15-5-4-6-19(13-15)28-24(29)22(17-8-10-18(26)11-9-17)23(25(28)30)27-20-14-16(2)7-12-21(20)31-3/h4-14,27H,1-3H3. The van der Waals surface area contributed by atoms with Crippen LogP contribution >= 0.6 is 0 Å². The number of rotatable bonds is 5. The zero-order valence-corrected chi connectivity index (χ0v) is 17.4. The fourth-order valence-electron chi connectivity index (χ4n) is 3.59. The van der Waals surface area contributed by atoms with E-state index in [2.05, 4.69) is 5.32 Å². The summed E-state index contributed by atoms with van der Waals surface area (Å²) < 4.78 is 18.9. The third kappa shape index (κ3) is 3.80. The Morgan fingerprint density at radius 2 is 1.58 bits per heavy atom. The van der Waals surface area contributed by atoms with Crippen LogP contribution in [0.5, 0.6) is 5.75 Å². The van der Waals surface area contributed by atoms with Crippen LogP contribution in [0.3, 0.4) is 0 Å². The summed E-state index contributed by atoms with van der Waals surface area (Å²) in [4.78, 5) is 28.0. The van der Waals surface area contributed by atoms with E-state index in [1.807, 2.05) is 32.0 Å². The van der Waals surface area contributed by atoms with Crippen molar-refractivity contribution in [3.05, 3.63) is 94.9 Å². The summed E-state index contributed by atoms with van der Waals surface area (Å²) in [7, 11) is 1.53. The minimum Gasteiger partial charge on any atom is -0.495 e. The smallest absolute Gasteiger partial charge is 0.282 e. The molecule has 1 heterocycles. The molecular formula is C25H21FN2O3. The summed E-state index contributed by atoms with van der Waals surface area (Å²) in [6.45, 7) is 3.81. The highest BCUT2D eigenvalue weighted by Gasteiger charge is 2.40. The molecule has 6 heteroatoms. The number of ether oxygens (including phenoxy) is 1. The summed E-state index contributed by atoms with van der Waals surface area (Å²) in [5.74, 6) is -0.854. The molecule has 0 radical (unpaired) electrons. The normalized spacial score (nSPS) is 13.7. The number of nitrogens with one attached hydrogen (secondary N) is 1. The molecule has 5 nitrogen and oxygen atoms in total. The van der Waals surface area contributed by atoms with Crippen molar-refractivity contribution in [2.45, 2.75) is 13.8 Å². The van der Waals surface area contributed by atoms with Gasteiger partial charge in [-0.15, -0.1) is 0 Å². The molecule has 31 heavy (non-hydrogen) atoms. The number of carbonyl (C=O) groups is 2. The zero-order valence-electron chi connectivity index (χ0n) is 17.4. The molecule has 0 spiro atoms. The van der Waals surface area contributed by atoms with Crippen molar-refractivity contribution in [2.75, 3.05) is 17.3 Å². The van der Waals surface area contributed by atoms with Crippen molar-refractivity contribution < 1.29 is 18.7 Å². The number of hydrogen-bond donors (Lipinski definition) is 1. The van der Waals surface area contributed by atoms with Gasteiger partial charge in [-0.3, -0.25) is 9.59 Å². The third-order valence-electron chi connectivity index (χ3n) is 5.09. The number of methoxy groups -OCH3 is 1. The molecule has 156 valence electrons. The Labute approximate surface area is 179 Å². The number of hydrogen-bond acceptors (Lipinski definition) is 4. The second kappa shape index (κ2) is 8.07. The molecule has 4 rings (SSSR count). The highest BCUT2D eigenvalue weighted by molar-refractivity contribution is 6.46. The minimum atomic E-state index is -0.488. The van der Waals surface area contributed by atoms with Gasteiger partial charge < -0.3 is 10.1 Å². The Morgan fingerprint density at radius 3 is 2.26 bits per heavy atom. The summed E-state index contributed by atoms with van der Waals surface area (Å²) in [6.07, 6.45) is 0. The number of aryl methyl sites for hydroxylation is 2. The van der Waals surface area contributed by atoms with E-state index in [4.69, 9.17) is 4.74 Å². The van der Waals surface area contributed by atoms with Gasteiger partial charge in [0.2, 0.25) is 0 Å². The molecule has 0 atom stereocenters. The Kier molecular flexibility index (Phi) is 5.29. The van der Waals surface area contributed by atoms with Gasteiger partial charge in [-0.1, -0.05) is 30.3 Å². The molecule has 0 saturated heterocycles. The highest BCUT2D eigenvalue weighted by Crippen LogP contribution is 2.36. The zero-order chi connectivity index (χ0) is 22.1. The van der Waals surface area contributed by atoms with E-state index < -0.39 is 17.6 Å². The van der Waals surface area contributed by atoms with Crippen molar-refractivity contribution in [2.24, 2.45) is 0 Å². The van der Waals surface area contributed by atoms with Crippen molar-refractivity contribution in [3.8, 4) is 5.75 Å². The number of benzene rings is 3. The molecule has 3 aromatic carbocycles. The number of carbonyl (C=O) groups excluding carboxylic acids is 2. The van der Waals surface area contributed by atoms with E-state index in [1.165, 1.54) is 31.4 Å². The van der Waals surface area contributed by atoms with E-state index in [1.54, 1.807) is 24.3 Å². The van der Waals surface area contributed by atoms with Gasteiger partial charge in [0.25, 0.3) is 11.8 Å². The fourth-order valence-corrected chi connectivity index (χ4v) is 3.59. The summed E-state index contributed by atoms with van der Waals surface area (Å²) in [5, 5.41) is 3.11. The lowest BCUT2D eigenvalue weighted by atomic mass is 10.0. The van der Waals surface area contributed by atoms with Crippen LogP contribution in [-0.4, -0.2) is 18.9 Å². The fraction of sp³-hybridized carbons (Fsp3) is 0.120. The average Bonchev–Trinajstić information content (AvgIpc) is 2.98. The Bertz CT molecular complexity index is 1220. The van der Waals surface area contributed by atoms with E-state index >= 15 is 0 Å². The first kappa shape index (κ1) is 20.3. The molecule has 0 saturated carbocycles. The van der Waals surface area contributed by atoms with Gasteiger partial charge in [0, 0.05) is 0 Å². The predicted octanol–water partition coefficient (Wildman–Crippen LogP) is 4.85. The number of anilines is 2. The van der Waals surface area contributed by atoms with Crippen LogP contribution in [0.4, 0.5) is 15.8 Å². The Hall–Kier alpha value is -3.93. The maximum Gasteiger partial charge on any atom is 0.282 e. The summed E-state index contributed by atoms with van der Waals surface area (Å²) >= 11 is 0. The Balaban J connectivity index is 1.86. The minimum absolute atomic E-state index is 0.113. The number of halogens is 1. The average molecular weight is 416 g/mol. The molecule has 0 bridgehead atoms. The molecule has 0 aromatic heterocycles.